The molecule has 0 amide bonds. The van der Waals surface area contributed by atoms with Gasteiger partial charge in [0.15, 0.2) is 0 Å². The summed E-state index contributed by atoms with van der Waals surface area (Å²) in [7, 11) is 0. The largest absolute Gasteiger partial charge is 0.466 e. The van der Waals surface area contributed by atoms with Gasteiger partial charge in [-0.05, 0) is 28.9 Å². The Bertz CT molecular complexity index is 447. The molecule has 0 bridgehead atoms. The fourth-order valence-electron chi connectivity index (χ4n) is 1.27. The Hall–Kier alpha value is -1.23. The van der Waals surface area contributed by atoms with E-state index in [1.807, 2.05) is 19.1 Å². The molecular weight excluding hydrogens is 246 g/mol. The van der Waals surface area contributed by atoms with Gasteiger partial charge in [-0.2, -0.15) is 5.10 Å². The van der Waals surface area contributed by atoms with Gasteiger partial charge < -0.3 is 10.2 Å². The van der Waals surface area contributed by atoms with E-state index in [9.17, 15) is 0 Å². The van der Waals surface area contributed by atoms with Crippen LogP contribution in [0.1, 0.15) is 11.5 Å². The maximum absolute atomic E-state index is 5.75. The van der Waals surface area contributed by atoms with Gasteiger partial charge in [0, 0.05) is 6.07 Å². The first-order valence-electron chi connectivity index (χ1n) is 4.18. The third kappa shape index (κ3) is 1.68. The first kappa shape index (κ1) is 9.33. The summed E-state index contributed by atoms with van der Waals surface area (Å²) in [5.74, 6) is 1.46. The van der Waals surface area contributed by atoms with Crippen LogP contribution in [-0.4, -0.2) is 9.78 Å². The van der Waals surface area contributed by atoms with Crippen molar-refractivity contribution in [2.24, 2.45) is 0 Å². The highest BCUT2D eigenvalue weighted by atomic mass is 79.9. The van der Waals surface area contributed by atoms with Gasteiger partial charge in [0.05, 0.1) is 16.4 Å². The molecule has 0 spiro atoms. The minimum absolute atomic E-state index is 0.549. The molecule has 0 aromatic carbocycles. The van der Waals surface area contributed by atoms with Crippen LogP contribution in [0.4, 0.5) is 5.82 Å². The Morgan fingerprint density at radius 3 is 2.93 bits per heavy atom. The van der Waals surface area contributed by atoms with Gasteiger partial charge in [0.25, 0.3) is 0 Å². The Morgan fingerprint density at radius 1 is 1.64 bits per heavy atom. The number of nitrogens with two attached hydrogens (primary N) is 1. The SMILES string of the molecule is Cc1cc(N)n(Cc2occc2Br)n1. The van der Waals surface area contributed by atoms with Crippen LogP contribution in [0.25, 0.3) is 0 Å². The standard InChI is InChI=1S/C9H10BrN3O/c1-6-4-9(11)13(12-6)5-8-7(10)2-3-14-8/h2-4H,5,11H2,1H3. The molecule has 0 aliphatic rings. The number of hydrogen-bond acceptors (Lipinski definition) is 3. The lowest BCUT2D eigenvalue weighted by Gasteiger charge is -2.01. The molecule has 74 valence electrons. The van der Waals surface area contributed by atoms with Crippen molar-refractivity contribution in [2.45, 2.75) is 13.5 Å². The fraction of sp³-hybridized carbons (Fsp3) is 0.222. The molecule has 0 atom stereocenters. The van der Waals surface area contributed by atoms with Gasteiger partial charge >= 0.3 is 0 Å². The van der Waals surface area contributed by atoms with Crippen molar-refractivity contribution < 1.29 is 4.42 Å². The first-order chi connectivity index (χ1) is 6.66. The highest BCUT2D eigenvalue weighted by Crippen LogP contribution is 2.19. The van der Waals surface area contributed by atoms with E-state index in [2.05, 4.69) is 21.0 Å². The average Bonchev–Trinajstić information content (AvgIpc) is 2.62. The number of nitrogen functional groups attached to an aromatic ring is 1. The predicted molar refractivity (Wildman–Crippen MR) is 56.9 cm³/mol. The zero-order chi connectivity index (χ0) is 10.1. The third-order valence-electron chi connectivity index (χ3n) is 1.92. The highest BCUT2D eigenvalue weighted by Gasteiger charge is 2.07. The lowest BCUT2D eigenvalue weighted by atomic mass is 10.4. The summed E-state index contributed by atoms with van der Waals surface area (Å²) in [6.07, 6.45) is 1.63. The molecule has 0 saturated carbocycles. The molecule has 2 aromatic rings. The van der Waals surface area contributed by atoms with Crippen molar-refractivity contribution in [3.05, 3.63) is 34.3 Å². The van der Waals surface area contributed by atoms with Crippen LogP contribution in [0, 0.1) is 6.92 Å². The second kappa shape index (κ2) is 3.49. The molecule has 2 heterocycles. The van der Waals surface area contributed by atoms with Crippen molar-refractivity contribution in [2.75, 3.05) is 5.73 Å². The van der Waals surface area contributed by atoms with Crippen LogP contribution in [-0.2, 0) is 6.54 Å². The smallest absolute Gasteiger partial charge is 0.139 e. The maximum Gasteiger partial charge on any atom is 0.139 e. The van der Waals surface area contributed by atoms with Gasteiger partial charge in [0.1, 0.15) is 18.1 Å². The molecule has 2 aromatic heterocycles. The molecule has 14 heavy (non-hydrogen) atoms. The summed E-state index contributed by atoms with van der Waals surface area (Å²) in [5, 5.41) is 4.24. The average molecular weight is 256 g/mol. The van der Waals surface area contributed by atoms with Crippen LogP contribution in [0.15, 0.2) is 27.3 Å². The Morgan fingerprint density at radius 2 is 2.43 bits per heavy atom. The van der Waals surface area contributed by atoms with Crippen molar-refractivity contribution in [1.29, 1.82) is 0 Å². The number of nitrogens with zero attached hydrogens (tertiary/aromatic N) is 2. The Kier molecular flexibility index (Phi) is 2.33. The lowest BCUT2D eigenvalue weighted by Crippen LogP contribution is -2.05. The summed E-state index contributed by atoms with van der Waals surface area (Å²) < 4.78 is 7.91. The molecule has 0 radical (unpaired) electrons. The van der Waals surface area contributed by atoms with Crippen molar-refractivity contribution >= 4 is 21.7 Å². The summed E-state index contributed by atoms with van der Waals surface area (Å²) >= 11 is 3.38. The van der Waals surface area contributed by atoms with Crippen LogP contribution in [0.3, 0.4) is 0 Å². The van der Waals surface area contributed by atoms with Gasteiger partial charge in [0.2, 0.25) is 0 Å². The normalized spacial score (nSPS) is 10.7. The quantitative estimate of drug-likeness (QED) is 0.895. The van der Waals surface area contributed by atoms with Crippen molar-refractivity contribution in [1.82, 2.24) is 9.78 Å². The summed E-state index contributed by atoms with van der Waals surface area (Å²) in [4.78, 5) is 0. The van der Waals surface area contributed by atoms with Gasteiger partial charge in [-0.3, -0.25) is 0 Å². The topological polar surface area (TPSA) is 57.0 Å². The Labute approximate surface area is 89.8 Å². The van der Waals surface area contributed by atoms with Crippen molar-refractivity contribution in [3.63, 3.8) is 0 Å². The van der Waals surface area contributed by atoms with Crippen LogP contribution < -0.4 is 5.73 Å². The number of anilines is 1. The molecular formula is C9H10BrN3O. The maximum atomic E-state index is 5.75. The number of halogens is 1. The number of aryl methyl sites for hydroxylation is 1. The van der Waals surface area contributed by atoms with E-state index < -0.39 is 0 Å². The first-order valence-corrected chi connectivity index (χ1v) is 4.98. The van der Waals surface area contributed by atoms with Crippen molar-refractivity contribution in [3.8, 4) is 0 Å². The van der Waals surface area contributed by atoms with Gasteiger partial charge in [-0.15, -0.1) is 0 Å². The number of aromatic nitrogens is 2. The number of hydrogen-bond donors (Lipinski definition) is 1. The van der Waals surface area contributed by atoms with Gasteiger partial charge in [-0.1, -0.05) is 0 Å². The molecule has 0 fully saturated rings. The van der Waals surface area contributed by atoms with Crippen LogP contribution >= 0.6 is 15.9 Å². The molecule has 0 aliphatic heterocycles. The van der Waals surface area contributed by atoms with E-state index in [0.717, 1.165) is 15.9 Å². The number of furan rings is 1. The highest BCUT2D eigenvalue weighted by molar-refractivity contribution is 9.10. The van der Waals surface area contributed by atoms with E-state index in [1.165, 1.54) is 0 Å². The number of rotatable bonds is 2. The second-order valence-corrected chi connectivity index (χ2v) is 3.91. The summed E-state index contributed by atoms with van der Waals surface area (Å²) in [6, 6.07) is 3.68. The van der Waals surface area contributed by atoms with Crippen LogP contribution in [0.5, 0.6) is 0 Å². The lowest BCUT2D eigenvalue weighted by molar-refractivity contribution is 0.479. The monoisotopic (exact) mass is 255 g/mol. The molecule has 2 N–H and O–H groups in total. The molecule has 2 rings (SSSR count). The fourth-order valence-corrected chi connectivity index (χ4v) is 1.59. The third-order valence-corrected chi connectivity index (χ3v) is 2.62. The Balaban J connectivity index is 2.27. The summed E-state index contributed by atoms with van der Waals surface area (Å²) in [5.41, 5.74) is 6.66. The molecule has 5 heteroatoms. The zero-order valence-electron chi connectivity index (χ0n) is 7.70. The molecule has 0 unspecified atom stereocenters. The second-order valence-electron chi connectivity index (χ2n) is 3.06. The molecule has 0 aliphatic carbocycles. The minimum Gasteiger partial charge on any atom is -0.466 e. The van der Waals surface area contributed by atoms with Gasteiger partial charge in [-0.25, -0.2) is 4.68 Å². The van der Waals surface area contributed by atoms with E-state index in [1.54, 1.807) is 10.9 Å². The van der Waals surface area contributed by atoms with E-state index in [4.69, 9.17) is 10.2 Å². The zero-order valence-corrected chi connectivity index (χ0v) is 9.28. The van der Waals surface area contributed by atoms with E-state index in [-0.39, 0.29) is 0 Å². The molecule has 4 nitrogen and oxygen atoms in total. The molecule has 0 saturated heterocycles. The minimum atomic E-state index is 0.549. The van der Waals surface area contributed by atoms with E-state index >= 15 is 0 Å². The summed E-state index contributed by atoms with van der Waals surface area (Å²) in [6.45, 7) is 2.46. The van der Waals surface area contributed by atoms with Crippen LogP contribution in [0.2, 0.25) is 0 Å². The van der Waals surface area contributed by atoms with E-state index in [0.29, 0.717) is 12.4 Å². The predicted octanol–water partition coefficient (Wildman–Crippen LogP) is 2.18.